The van der Waals surface area contributed by atoms with Crippen LogP contribution in [0.3, 0.4) is 0 Å². The van der Waals surface area contributed by atoms with Gasteiger partial charge in [-0.1, -0.05) is 18.2 Å². The highest BCUT2D eigenvalue weighted by molar-refractivity contribution is 5.98. The van der Waals surface area contributed by atoms with E-state index in [0.29, 0.717) is 11.3 Å². The third-order valence-corrected chi connectivity index (χ3v) is 4.10. The van der Waals surface area contributed by atoms with Gasteiger partial charge in [0, 0.05) is 36.8 Å². The Balaban J connectivity index is 1.77. The van der Waals surface area contributed by atoms with Gasteiger partial charge in [-0.3, -0.25) is 9.48 Å². The lowest BCUT2D eigenvalue weighted by Crippen LogP contribution is -2.39. The molecule has 6 nitrogen and oxygen atoms in total. The number of carbonyl (C=O) groups is 1. The fourth-order valence-corrected chi connectivity index (χ4v) is 2.65. The number of fused-ring (bicyclic) bond motifs is 1. The maximum Gasteiger partial charge on any atom is 0.268 e. The molecule has 0 fully saturated rings. The quantitative estimate of drug-likeness (QED) is 0.768. The standard InChI is InChI=1S/C17H20N4O2/c1-17(23,13-9-19-20(2)10-13)11-18-16(22)15-8-12-6-4-5-7-14(12)21(15)3/h4-10,23H,11H2,1-3H3,(H,18,22). The molecule has 0 radical (unpaired) electrons. The molecule has 1 amide bonds. The van der Waals surface area contributed by atoms with Crippen molar-refractivity contribution in [3.8, 4) is 0 Å². The molecule has 3 rings (SSSR count). The number of nitrogens with one attached hydrogen (secondary N) is 1. The van der Waals surface area contributed by atoms with Crippen LogP contribution in [-0.2, 0) is 19.7 Å². The number of rotatable bonds is 4. The molecule has 0 saturated heterocycles. The molecule has 1 unspecified atom stereocenters. The van der Waals surface area contributed by atoms with Crippen molar-refractivity contribution < 1.29 is 9.90 Å². The monoisotopic (exact) mass is 312 g/mol. The molecule has 1 atom stereocenters. The summed E-state index contributed by atoms with van der Waals surface area (Å²) in [4.78, 5) is 12.5. The molecule has 2 heterocycles. The van der Waals surface area contributed by atoms with E-state index in [1.54, 1.807) is 31.0 Å². The average Bonchev–Trinajstić information content (AvgIpc) is 3.10. The number of para-hydroxylation sites is 1. The second-order valence-electron chi connectivity index (χ2n) is 6.01. The van der Waals surface area contributed by atoms with E-state index in [-0.39, 0.29) is 12.5 Å². The maximum absolute atomic E-state index is 12.5. The van der Waals surface area contributed by atoms with Crippen LogP contribution in [0.2, 0.25) is 0 Å². The Morgan fingerprint density at radius 1 is 1.35 bits per heavy atom. The topological polar surface area (TPSA) is 72.1 Å². The zero-order valence-corrected chi connectivity index (χ0v) is 13.4. The molecule has 0 aliphatic carbocycles. The Labute approximate surface area is 134 Å². The normalized spacial score (nSPS) is 13.9. The first kappa shape index (κ1) is 15.3. The molecule has 3 aromatic rings. The number of hydrogen-bond donors (Lipinski definition) is 2. The van der Waals surface area contributed by atoms with Gasteiger partial charge in [-0.25, -0.2) is 0 Å². The highest BCUT2D eigenvalue weighted by Crippen LogP contribution is 2.20. The van der Waals surface area contributed by atoms with Crippen molar-refractivity contribution in [2.45, 2.75) is 12.5 Å². The largest absolute Gasteiger partial charge is 0.383 e. The van der Waals surface area contributed by atoms with Crippen molar-refractivity contribution in [2.24, 2.45) is 14.1 Å². The summed E-state index contributed by atoms with van der Waals surface area (Å²) < 4.78 is 3.47. The number of benzene rings is 1. The summed E-state index contributed by atoms with van der Waals surface area (Å²) in [6.45, 7) is 1.77. The molecular formula is C17H20N4O2. The Hall–Kier alpha value is -2.60. The minimum Gasteiger partial charge on any atom is -0.383 e. The van der Waals surface area contributed by atoms with Gasteiger partial charge in [0.15, 0.2) is 0 Å². The molecule has 2 aromatic heterocycles. The van der Waals surface area contributed by atoms with Crippen LogP contribution >= 0.6 is 0 Å². The van der Waals surface area contributed by atoms with Gasteiger partial charge in [0.25, 0.3) is 5.91 Å². The summed E-state index contributed by atoms with van der Waals surface area (Å²) in [6, 6.07) is 9.67. The lowest BCUT2D eigenvalue weighted by atomic mass is 10.00. The fraction of sp³-hybridized carbons (Fsp3) is 0.294. The fourth-order valence-electron chi connectivity index (χ4n) is 2.65. The predicted octanol–water partition coefficient (Wildman–Crippen LogP) is 1.55. The summed E-state index contributed by atoms with van der Waals surface area (Å²) in [5, 5.41) is 18.4. The summed E-state index contributed by atoms with van der Waals surface area (Å²) in [5.74, 6) is -0.215. The lowest BCUT2D eigenvalue weighted by molar-refractivity contribution is 0.0523. The Morgan fingerprint density at radius 2 is 2.09 bits per heavy atom. The van der Waals surface area contributed by atoms with Gasteiger partial charge >= 0.3 is 0 Å². The number of hydrogen-bond acceptors (Lipinski definition) is 3. The number of aliphatic hydroxyl groups is 1. The minimum atomic E-state index is -1.17. The molecule has 1 aromatic carbocycles. The average molecular weight is 312 g/mol. The molecule has 120 valence electrons. The van der Waals surface area contributed by atoms with Crippen molar-refractivity contribution in [3.63, 3.8) is 0 Å². The summed E-state index contributed by atoms with van der Waals surface area (Å²) in [6.07, 6.45) is 3.34. The number of amides is 1. The van der Waals surface area contributed by atoms with Crippen LogP contribution < -0.4 is 5.32 Å². The molecule has 23 heavy (non-hydrogen) atoms. The van der Waals surface area contributed by atoms with Crippen LogP contribution in [0.5, 0.6) is 0 Å². The van der Waals surface area contributed by atoms with Crippen molar-refractivity contribution in [3.05, 3.63) is 54.0 Å². The Kier molecular flexibility index (Phi) is 3.69. The van der Waals surface area contributed by atoms with Crippen LogP contribution in [0, 0.1) is 0 Å². The van der Waals surface area contributed by atoms with E-state index < -0.39 is 5.60 Å². The zero-order valence-electron chi connectivity index (χ0n) is 13.4. The Morgan fingerprint density at radius 3 is 2.74 bits per heavy atom. The number of aryl methyl sites for hydroxylation is 2. The van der Waals surface area contributed by atoms with Crippen LogP contribution in [0.15, 0.2) is 42.7 Å². The first-order chi connectivity index (χ1) is 10.9. The number of aromatic nitrogens is 3. The lowest BCUT2D eigenvalue weighted by Gasteiger charge is -2.22. The van der Waals surface area contributed by atoms with Crippen molar-refractivity contribution >= 4 is 16.8 Å². The SMILES string of the molecule is Cn1cc(C(C)(O)CNC(=O)c2cc3ccccc3n2C)cn1. The van der Waals surface area contributed by atoms with Gasteiger partial charge in [-0.05, 0) is 19.1 Å². The zero-order chi connectivity index (χ0) is 16.6. The van der Waals surface area contributed by atoms with E-state index in [2.05, 4.69) is 10.4 Å². The summed E-state index contributed by atoms with van der Waals surface area (Å²) >= 11 is 0. The first-order valence-corrected chi connectivity index (χ1v) is 7.42. The van der Waals surface area contributed by atoms with Crippen molar-refractivity contribution in [1.29, 1.82) is 0 Å². The van der Waals surface area contributed by atoms with E-state index >= 15 is 0 Å². The first-order valence-electron chi connectivity index (χ1n) is 7.42. The molecular weight excluding hydrogens is 292 g/mol. The molecule has 0 aliphatic heterocycles. The summed E-state index contributed by atoms with van der Waals surface area (Å²) in [5.41, 5.74) is 1.05. The Bertz CT molecular complexity index is 860. The van der Waals surface area contributed by atoms with Crippen molar-refractivity contribution in [1.82, 2.24) is 19.7 Å². The second-order valence-corrected chi connectivity index (χ2v) is 6.01. The van der Waals surface area contributed by atoms with Crippen molar-refractivity contribution in [2.75, 3.05) is 6.54 Å². The van der Waals surface area contributed by atoms with E-state index in [4.69, 9.17) is 0 Å². The third-order valence-electron chi connectivity index (χ3n) is 4.10. The van der Waals surface area contributed by atoms with E-state index in [0.717, 1.165) is 10.9 Å². The number of carbonyl (C=O) groups excluding carboxylic acids is 1. The minimum absolute atomic E-state index is 0.110. The van der Waals surface area contributed by atoms with Crippen LogP contribution in [0.4, 0.5) is 0 Å². The van der Waals surface area contributed by atoms with Gasteiger partial charge < -0.3 is 15.0 Å². The maximum atomic E-state index is 12.5. The highest BCUT2D eigenvalue weighted by atomic mass is 16.3. The smallest absolute Gasteiger partial charge is 0.268 e. The van der Waals surface area contributed by atoms with Gasteiger partial charge in [-0.15, -0.1) is 0 Å². The van der Waals surface area contributed by atoms with E-state index in [9.17, 15) is 9.90 Å². The molecule has 2 N–H and O–H groups in total. The van der Waals surface area contributed by atoms with Crippen LogP contribution in [0.1, 0.15) is 23.0 Å². The molecule has 0 bridgehead atoms. The molecule has 6 heteroatoms. The van der Waals surface area contributed by atoms with E-state index in [1.807, 2.05) is 41.9 Å². The molecule has 0 saturated carbocycles. The van der Waals surface area contributed by atoms with Crippen LogP contribution in [0.25, 0.3) is 10.9 Å². The molecule has 0 spiro atoms. The van der Waals surface area contributed by atoms with E-state index in [1.165, 1.54) is 0 Å². The highest BCUT2D eigenvalue weighted by Gasteiger charge is 2.26. The van der Waals surface area contributed by atoms with Gasteiger partial charge in [0.1, 0.15) is 11.3 Å². The van der Waals surface area contributed by atoms with Gasteiger partial charge in [0.05, 0.1) is 12.7 Å². The molecule has 0 aliphatic rings. The number of nitrogens with zero attached hydrogens (tertiary/aromatic N) is 3. The van der Waals surface area contributed by atoms with Gasteiger partial charge in [-0.2, -0.15) is 5.10 Å². The second kappa shape index (κ2) is 5.55. The predicted molar refractivity (Wildman–Crippen MR) is 88.0 cm³/mol. The van der Waals surface area contributed by atoms with Gasteiger partial charge in [0.2, 0.25) is 0 Å². The summed E-state index contributed by atoms with van der Waals surface area (Å²) in [7, 11) is 3.64. The third kappa shape index (κ3) is 2.85. The van der Waals surface area contributed by atoms with Crippen LogP contribution in [-0.4, -0.2) is 31.9 Å².